The van der Waals surface area contributed by atoms with Crippen LogP contribution in [0.1, 0.15) is 125 Å². The summed E-state index contributed by atoms with van der Waals surface area (Å²) in [7, 11) is 6.25. The summed E-state index contributed by atoms with van der Waals surface area (Å²) in [6.07, 6.45) is -20.3. The van der Waals surface area contributed by atoms with Crippen molar-refractivity contribution in [2.24, 2.45) is 16.7 Å². The van der Waals surface area contributed by atoms with Gasteiger partial charge in [-0.2, -0.15) is 0 Å². The number of aliphatic hydroxyl groups excluding tert-OH is 7. The van der Waals surface area contributed by atoms with E-state index in [-0.39, 0.29) is 44.6 Å². The standard InChI is InChI=1S/C70H106O29/c1-33-60(41(83-8)26-50(88-33)92-40-20-21-66(6)39(25-40)19-22-69(81)47(66)30-48(95-49(73)18-17-38-15-13-12-14-16-38)67(7)68(80,37(5)72)23-24-70(67,69)82)96-51-27-42(84-9)61(34(2)89-51)97-52-28-43(85-10)62(35(3)90-52)98-53-29-44(86-11)63(36(4)91-53)99-65-59(79)57(77)55(75)46(94-65)32-87-64-58(78)56(76)54(74)45(31-71)93-64/h12-19,33-36,40-48,50-65,71,74-82H,20-32H2,1-11H3/b18-17+/t33-,34-,35-,36-,40+,41-,42+,43-,44-,45-,46-,47-,48-,50+,51+,52+,53+,54-,55-,56+,57+,58-,59-,60-,61-,62-,63-,64-,65+,66+,67-,68-,69+,70-/m1/s1. The Labute approximate surface area is 577 Å². The molecule has 6 heterocycles. The number of fused-ring (bicyclic) bond motifs is 5. The van der Waals surface area contributed by atoms with Crippen LogP contribution in [-0.4, -0.2) is 293 Å². The number of methoxy groups -OCH3 is 4. The normalized spacial score (nSPS) is 49.5. The summed E-state index contributed by atoms with van der Waals surface area (Å²) in [5, 5.41) is 111. The second kappa shape index (κ2) is 31.1. The third-order valence-electron chi connectivity index (χ3n) is 23.8. The van der Waals surface area contributed by atoms with Crippen molar-refractivity contribution in [3.05, 3.63) is 53.6 Å². The molecule has 4 aliphatic carbocycles. The molecule has 0 bridgehead atoms. The van der Waals surface area contributed by atoms with E-state index in [1.807, 2.05) is 57.2 Å². The van der Waals surface area contributed by atoms with Crippen molar-refractivity contribution in [2.45, 2.75) is 308 Å². The van der Waals surface area contributed by atoms with Crippen LogP contribution < -0.4 is 0 Å². The van der Waals surface area contributed by atoms with E-state index in [0.717, 1.165) is 11.1 Å². The van der Waals surface area contributed by atoms with E-state index in [4.69, 9.17) is 80.5 Å². The molecule has 10 aliphatic rings. The molecule has 3 saturated carbocycles. The number of carbonyl (C=O) groups excluding carboxylic acids is 2. The molecule has 0 aromatic heterocycles. The number of Topliss-reactive ketones (excluding diaryl/α,β-unsaturated/α-hetero) is 1. The molecule has 99 heavy (non-hydrogen) atoms. The van der Waals surface area contributed by atoms with Crippen molar-refractivity contribution in [1.82, 2.24) is 0 Å². The van der Waals surface area contributed by atoms with Crippen molar-refractivity contribution in [3.63, 3.8) is 0 Å². The van der Waals surface area contributed by atoms with Gasteiger partial charge < -0.3 is 132 Å². The number of hydrogen-bond donors (Lipinski definition) is 10. The Bertz CT molecular complexity index is 2930. The van der Waals surface area contributed by atoms with E-state index in [9.17, 15) is 60.7 Å². The van der Waals surface area contributed by atoms with Gasteiger partial charge in [0.25, 0.3) is 0 Å². The van der Waals surface area contributed by atoms with Gasteiger partial charge in [-0.3, -0.25) is 4.79 Å². The average Bonchev–Trinajstić information content (AvgIpc) is 1.58. The van der Waals surface area contributed by atoms with Gasteiger partial charge in [0.05, 0.1) is 73.6 Å². The van der Waals surface area contributed by atoms with E-state index in [2.05, 4.69) is 6.92 Å². The first-order valence-corrected chi connectivity index (χ1v) is 34.9. The highest BCUT2D eigenvalue weighted by Crippen LogP contribution is 2.71. The van der Waals surface area contributed by atoms with Crippen molar-refractivity contribution >= 4 is 17.8 Å². The first kappa shape index (κ1) is 76.9. The third kappa shape index (κ3) is 14.6. The number of ether oxygens (including phenoxy) is 17. The number of aliphatic hydroxyl groups is 10. The Morgan fingerprint density at radius 3 is 1.55 bits per heavy atom. The molecule has 0 spiro atoms. The summed E-state index contributed by atoms with van der Waals surface area (Å²) < 4.78 is 106. The van der Waals surface area contributed by atoms with Gasteiger partial charge in [0.2, 0.25) is 0 Å². The van der Waals surface area contributed by atoms with Gasteiger partial charge in [0, 0.05) is 66.1 Å². The summed E-state index contributed by atoms with van der Waals surface area (Å²) in [5.41, 5.74) is -6.45. The zero-order valence-electron chi connectivity index (χ0n) is 58.3. The van der Waals surface area contributed by atoms with Gasteiger partial charge in [-0.05, 0) is 104 Å². The maximum atomic E-state index is 13.7. The van der Waals surface area contributed by atoms with Gasteiger partial charge in [0.15, 0.2) is 43.5 Å². The van der Waals surface area contributed by atoms with E-state index in [0.29, 0.717) is 32.1 Å². The summed E-state index contributed by atoms with van der Waals surface area (Å²) in [6, 6.07) is 9.24. The van der Waals surface area contributed by atoms with E-state index in [1.165, 1.54) is 20.1 Å². The Morgan fingerprint density at radius 2 is 1.05 bits per heavy atom. The molecule has 11 rings (SSSR count). The Kier molecular flexibility index (Phi) is 24.2. The van der Waals surface area contributed by atoms with Gasteiger partial charge in [-0.25, -0.2) is 4.79 Å². The SMILES string of the molecule is CO[C@H]1C[C@H](O[C@@H]2[C@@H](C)O[C@@H](O[C@H]3CC[C@@]4(C)C(=CC[C@]5(O)[C@@H]4C[C@@H](OC(=O)/C=C/c4ccccc4)[C@@]4(C)[C@]5(O)CC[C@@]4(O)C(C)=O)C3)C[C@H]2OC)O[C@H](C)[C@H]1O[C@H]1C[C@@H](OC)[C@H](O[C@H]2C[C@@H](OC)[C@H](O[C@@H]3O[C@H](CO[C@@H]4O[C@H](CO)[C@@H](O)[C@H](O)[C@H]4O)[C@@H](O)[C@H](O)[C@H]3O)[C@@H](C)O2)[C@@H](C)O1. The van der Waals surface area contributed by atoms with E-state index in [1.54, 1.807) is 41.3 Å². The maximum Gasteiger partial charge on any atom is 0.331 e. The number of esters is 1. The van der Waals surface area contributed by atoms with Crippen LogP contribution in [0.4, 0.5) is 0 Å². The van der Waals surface area contributed by atoms with Gasteiger partial charge >= 0.3 is 5.97 Å². The van der Waals surface area contributed by atoms with Crippen molar-refractivity contribution in [3.8, 4) is 0 Å². The number of benzene rings is 1. The molecule has 560 valence electrons. The zero-order valence-corrected chi connectivity index (χ0v) is 58.3. The molecular weight excluding hydrogens is 1300 g/mol. The first-order chi connectivity index (χ1) is 47.0. The van der Waals surface area contributed by atoms with Gasteiger partial charge in [-0.15, -0.1) is 0 Å². The molecule has 1 aromatic rings. The molecule has 0 amide bonds. The summed E-state index contributed by atoms with van der Waals surface area (Å²) in [6.45, 7) is 11.0. The second-order valence-electron chi connectivity index (χ2n) is 29.3. The fraction of sp³-hybridized carbons (Fsp3) is 0.829. The molecule has 0 unspecified atom stereocenters. The topological polar surface area (TPSA) is 393 Å². The fourth-order valence-electron chi connectivity index (χ4n) is 17.9. The second-order valence-corrected chi connectivity index (χ2v) is 29.3. The fourth-order valence-corrected chi connectivity index (χ4v) is 17.9. The molecule has 0 radical (unpaired) electrons. The minimum atomic E-state index is -2.07. The molecule has 29 nitrogen and oxygen atoms in total. The van der Waals surface area contributed by atoms with Crippen LogP contribution in [0.25, 0.3) is 6.08 Å². The highest BCUT2D eigenvalue weighted by Gasteiger charge is 2.81. The van der Waals surface area contributed by atoms with Crippen LogP contribution in [0.15, 0.2) is 48.1 Å². The number of carbonyl (C=O) groups is 2. The minimum Gasteiger partial charge on any atom is -0.458 e. The van der Waals surface area contributed by atoms with Crippen molar-refractivity contribution < 1.29 is 141 Å². The summed E-state index contributed by atoms with van der Waals surface area (Å²) in [5.74, 6) is -1.88. The Morgan fingerprint density at radius 1 is 0.576 bits per heavy atom. The monoisotopic (exact) mass is 1410 g/mol. The lowest BCUT2D eigenvalue weighted by atomic mass is 9.42. The van der Waals surface area contributed by atoms with Crippen LogP contribution in [0.2, 0.25) is 0 Å². The van der Waals surface area contributed by atoms with E-state index >= 15 is 0 Å². The van der Waals surface area contributed by atoms with Crippen molar-refractivity contribution in [2.75, 3.05) is 41.7 Å². The maximum absolute atomic E-state index is 13.7. The van der Waals surface area contributed by atoms with Crippen LogP contribution in [-0.2, 0) is 90.1 Å². The molecule has 34 atom stereocenters. The summed E-state index contributed by atoms with van der Waals surface area (Å²) in [4.78, 5) is 27.1. The lowest BCUT2D eigenvalue weighted by Gasteiger charge is -2.67. The lowest BCUT2D eigenvalue weighted by molar-refractivity contribution is -0.363. The summed E-state index contributed by atoms with van der Waals surface area (Å²) >= 11 is 0. The van der Waals surface area contributed by atoms with Gasteiger partial charge in [-0.1, -0.05) is 48.9 Å². The average molecular weight is 1410 g/mol. The van der Waals surface area contributed by atoms with E-state index < -0.39 is 224 Å². The molecule has 6 aliphatic heterocycles. The lowest BCUT2D eigenvalue weighted by Crippen LogP contribution is -2.78. The number of rotatable bonds is 22. The molecule has 29 heteroatoms. The highest BCUT2D eigenvalue weighted by molar-refractivity contribution is 5.89. The smallest absolute Gasteiger partial charge is 0.331 e. The first-order valence-electron chi connectivity index (χ1n) is 34.9. The Hall–Kier alpha value is -3.20. The molecule has 6 saturated heterocycles. The van der Waals surface area contributed by atoms with Crippen LogP contribution >= 0.6 is 0 Å². The zero-order chi connectivity index (χ0) is 71.4. The predicted octanol–water partition coefficient (Wildman–Crippen LogP) is 0.884. The quantitative estimate of drug-likeness (QED) is 0.0438. The Balaban J connectivity index is 0.658. The van der Waals surface area contributed by atoms with Crippen LogP contribution in [0, 0.1) is 16.7 Å². The molecule has 1 aromatic carbocycles. The highest BCUT2D eigenvalue weighted by atomic mass is 16.8. The van der Waals surface area contributed by atoms with Crippen LogP contribution in [0.3, 0.4) is 0 Å². The molecule has 10 N–H and O–H groups in total. The number of hydrogen-bond acceptors (Lipinski definition) is 29. The third-order valence-corrected chi connectivity index (χ3v) is 23.8. The molecule has 9 fully saturated rings. The minimum absolute atomic E-state index is 0.0547. The number of ketones is 1. The largest absolute Gasteiger partial charge is 0.458 e. The van der Waals surface area contributed by atoms with Gasteiger partial charge in [0.1, 0.15) is 96.2 Å². The predicted molar refractivity (Wildman–Crippen MR) is 341 cm³/mol. The van der Waals surface area contributed by atoms with Crippen LogP contribution in [0.5, 0.6) is 0 Å². The molecular formula is C70H106O29. The van der Waals surface area contributed by atoms with Crippen molar-refractivity contribution in [1.29, 1.82) is 0 Å².